The quantitative estimate of drug-likeness (QED) is 0.0804. The molecule has 4 aromatic heterocycles. The van der Waals surface area contributed by atoms with Gasteiger partial charge in [-0.25, -0.2) is 0 Å². The third kappa shape index (κ3) is 14.9. The van der Waals surface area contributed by atoms with Crippen molar-refractivity contribution in [3.8, 4) is 0 Å². The number of benzene rings is 18. The first-order valence-electron chi connectivity index (χ1n) is 51.8. The summed E-state index contributed by atoms with van der Waals surface area (Å²) in [4.78, 5) is 9.91. The fourth-order valence-corrected chi connectivity index (χ4v) is 26.1. The molecule has 26 rings (SSSR count). The van der Waals surface area contributed by atoms with E-state index in [0.717, 1.165) is 40.5 Å². The fraction of sp³-hybridized carbons (Fsp3) is 0.242. The lowest BCUT2D eigenvalue weighted by Gasteiger charge is -2.38. The predicted octanol–water partition coefficient (Wildman–Crippen LogP) is 38.6. The number of aromatic nitrogens is 2. The molecule has 0 spiro atoms. The Morgan fingerprint density at radius 1 is 0.217 bits per heavy atom. The van der Waals surface area contributed by atoms with Crippen molar-refractivity contribution in [1.82, 2.24) is 8.80 Å². The van der Waals surface area contributed by atoms with Gasteiger partial charge in [-0.3, -0.25) is 0 Å². The van der Waals surface area contributed by atoms with Crippen LogP contribution in [0.2, 0.25) is 0 Å². The molecule has 138 heavy (non-hydrogen) atoms. The van der Waals surface area contributed by atoms with Crippen molar-refractivity contribution in [3.05, 3.63) is 397 Å². The topological polar surface area (TPSA) is 21.8 Å². The molecular formula is C132H120N6. The molecule has 6 nitrogen and oxygen atoms in total. The van der Waals surface area contributed by atoms with Gasteiger partial charge in [0.25, 0.3) is 0 Å². The van der Waals surface area contributed by atoms with E-state index in [4.69, 9.17) is 0 Å². The number of para-hydroxylation sites is 4. The van der Waals surface area contributed by atoms with Gasteiger partial charge in [-0.2, -0.15) is 0 Å². The molecule has 0 aliphatic heterocycles. The Balaban J connectivity index is 0.504. The van der Waals surface area contributed by atoms with E-state index in [9.17, 15) is 0 Å². The van der Waals surface area contributed by atoms with Crippen molar-refractivity contribution in [3.63, 3.8) is 0 Å². The second-order valence-corrected chi connectivity index (χ2v) is 43.1. The van der Waals surface area contributed by atoms with Crippen molar-refractivity contribution < 1.29 is 0 Å². The van der Waals surface area contributed by atoms with Gasteiger partial charge >= 0.3 is 0 Å². The summed E-state index contributed by atoms with van der Waals surface area (Å²) in [6.45, 7) is 11.9. The van der Waals surface area contributed by atoms with Crippen LogP contribution in [0.25, 0.3) is 119 Å². The van der Waals surface area contributed by atoms with Gasteiger partial charge in [0.2, 0.25) is 0 Å². The molecule has 4 aliphatic rings. The number of fused-ring (bicyclic) bond motifs is 16. The molecule has 4 aliphatic carbocycles. The highest BCUT2D eigenvalue weighted by atomic mass is 15.2. The number of anilines is 12. The zero-order valence-corrected chi connectivity index (χ0v) is 80.4. The summed E-state index contributed by atoms with van der Waals surface area (Å²) in [6, 6.07) is 142. The molecule has 0 saturated heterocycles. The van der Waals surface area contributed by atoms with E-state index in [-0.39, 0.29) is 10.8 Å². The van der Waals surface area contributed by atoms with Crippen LogP contribution in [0.15, 0.2) is 364 Å². The molecule has 0 N–H and O–H groups in total. The maximum Gasteiger partial charge on any atom is 0.0620 e. The lowest BCUT2D eigenvalue weighted by Crippen LogP contribution is -2.27. The first-order valence-corrected chi connectivity index (χ1v) is 51.8. The third-order valence-electron chi connectivity index (χ3n) is 33.3. The third-order valence-corrected chi connectivity index (χ3v) is 33.3. The normalized spacial score (nSPS) is 16.4. The second-order valence-electron chi connectivity index (χ2n) is 43.1. The van der Waals surface area contributed by atoms with Crippen LogP contribution >= 0.6 is 0 Å². The van der Waals surface area contributed by atoms with E-state index < -0.39 is 0 Å². The lowest BCUT2D eigenvalue weighted by atomic mass is 9.67. The molecule has 6 heteroatoms. The van der Waals surface area contributed by atoms with E-state index in [1.54, 1.807) is 0 Å². The summed E-state index contributed by atoms with van der Waals surface area (Å²) in [5, 5.41) is 20.2. The Morgan fingerprint density at radius 2 is 0.486 bits per heavy atom. The van der Waals surface area contributed by atoms with E-state index >= 15 is 0 Å². The minimum Gasteiger partial charge on any atom is -0.310 e. The minimum atomic E-state index is -0.0781. The molecule has 0 bridgehead atoms. The van der Waals surface area contributed by atoms with Crippen LogP contribution in [-0.4, -0.2) is 8.80 Å². The van der Waals surface area contributed by atoms with Crippen molar-refractivity contribution in [2.24, 2.45) is 5.92 Å². The lowest BCUT2D eigenvalue weighted by molar-refractivity contribution is 0.244. The summed E-state index contributed by atoms with van der Waals surface area (Å²) in [5.41, 5.74) is 30.1. The van der Waals surface area contributed by atoms with Crippen molar-refractivity contribution >= 4 is 188 Å². The Hall–Kier alpha value is -14.2. The van der Waals surface area contributed by atoms with Crippen LogP contribution < -0.4 is 19.6 Å². The van der Waals surface area contributed by atoms with E-state index in [2.05, 4.69) is 427 Å². The van der Waals surface area contributed by atoms with Crippen molar-refractivity contribution in [1.29, 1.82) is 0 Å². The minimum absolute atomic E-state index is 0.0572. The molecule has 4 saturated carbocycles. The highest BCUT2D eigenvalue weighted by molar-refractivity contribution is 6.28. The predicted molar refractivity (Wildman–Crippen MR) is 589 cm³/mol. The van der Waals surface area contributed by atoms with E-state index in [1.165, 1.54) is 309 Å². The van der Waals surface area contributed by atoms with Crippen LogP contribution in [-0.2, 0) is 10.8 Å². The van der Waals surface area contributed by atoms with Gasteiger partial charge in [0.15, 0.2) is 0 Å². The Morgan fingerprint density at radius 3 is 0.797 bits per heavy atom. The van der Waals surface area contributed by atoms with Gasteiger partial charge in [-0.15, -0.1) is 0 Å². The number of nitrogens with zero attached hydrogens (tertiary/aromatic N) is 6. The molecular weight excluding hydrogens is 1670 g/mol. The number of rotatable bonds is 19. The highest BCUT2D eigenvalue weighted by Gasteiger charge is 2.35. The van der Waals surface area contributed by atoms with Crippen molar-refractivity contribution in [2.45, 2.75) is 198 Å². The number of hydrogen-bond acceptors (Lipinski definition) is 4. The van der Waals surface area contributed by atoms with Crippen LogP contribution in [0, 0.1) is 5.92 Å². The van der Waals surface area contributed by atoms with E-state index in [0.29, 0.717) is 29.6 Å². The van der Waals surface area contributed by atoms with Crippen LogP contribution in [0.4, 0.5) is 68.2 Å². The average Bonchev–Trinajstić information content (AvgIpc) is 1.54. The van der Waals surface area contributed by atoms with Gasteiger partial charge in [-0.1, -0.05) is 275 Å². The second kappa shape index (κ2) is 34.2. The summed E-state index contributed by atoms with van der Waals surface area (Å²) in [5.74, 6) is 2.93. The molecule has 18 aromatic carbocycles. The SMILES string of the molecule is CC(C)(C)c1ccc(N(c2ccccc2)c2ccc3cc4c5cccc6c7cc8ccc(N(c9ccccc9)c9ccc(C(C)(C)CC%10CCCCC%10c%10ccc(N(c%11ccc(C%12CCCCC%12)cc%11)c%11ccc%12cc%13c%14cccc%15c%16cc%17ccc(N(c%18ccc(C%19CCCCC%19)cc%18)c%18ccc(C%19CCCCC%19)cc%18)cc%17cc%16n(c%13cc%12c%11)c%15%14)cc%10)cc9)cc8cc7n(c4cc3c2)c56)cc1. The molecule has 2 atom stereocenters. The van der Waals surface area contributed by atoms with Gasteiger partial charge in [0.05, 0.1) is 33.1 Å². The molecule has 0 radical (unpaired) electrons. The monoisotopic (exact) mass is 1790 g/mol. The molecule has 2 unspecified atom stereocenters. The van der Waals surface area contributed by atoms with Gasteiger partial charge in [0, 0.05) is 111 Å². The van der Waals surface area contributed by atoms with E-state index in [1.807, 2.05) is 0 Å². The summed E-state index contributed by atoms with van der Waals surface area (Å²) in [7, 11) is 0. The Bertz CT molecular complexity index is 8270. The van der Waals surface area contributed by atoms with Crippen LogP contribution in [0.1, 0.15) is 220 Å². The number of hydrogen-bond donors (Lipinski definition) is 0. The van der Waals surface area contributed by atoms with Crippen LogP contribution in [0.5, 0.6) is 0 Å². The Labute approximate surface area is 811 Å². The molecule has 678 valence electrons. The zero-order valence-electron chi connectivity index (χ0n) is 80.4. The van der Waals surface area contributed by atoms with Gasteiger partial charge < -0.3 is 28.4 Å². The maximum absolute atomic E-state index is 2.61. The standard InChI is InChI=1S/C132H120N6/c1-131(2,3)102-53-69-110(70-54-102)133(104-32-17-9-18-33-104)112-65-49-93-77-121-117-37-23-38-118-122-78-94-50-66-113(74-99(94)82-126(122)137(129(117)118)125(121)81-98(93)73-112)134(105-34-19-10-20-35-105)111-71-55-103(56-72-111)132(4,5)85-97-31-21-22-36-116(97)92-47-63-109(64-48-92)136(108-61-45-91(46-62-108)88-29-15-8-16-30-88)115-68-52-96-80-124-120-40-24-39-119-123-79-95-51-67-114(75-100(95)83-127(123)138(130(119)120)128(124)84-101(96)76-115)135(106-57-41-89(42-58-106)86-25-11-6-12-26-86)107-59-43-90(44-60-107)87-27-13-7-14-28-87/h9-10,17-20,23-24,32-35,37-84,86-88,97,116H,6-8,11-16,21-22,25-31,36,85H2,1-5H3. The van der Waals surface area contributed by atoms with Gasteiger partial charge in [-0.05, 0) is 369 Å². The summed E-state index contributed by atoms with van der Waals surface area (Å²) >= 11 is 0. The first-order chi connectivity index (χ1) is 67.7. The van der Waals surface area contributed by atoms with Crippen LogP contribution in [0.3, 0.4) is 0 Å². The smallest absolute Gasteiger partial charge is 0.0620 e. The molecule has 4 heterocycles. The average molecular weight is 1790 g/mol. The maximum atomic E-state index is 2.61. The fourth-order valence-electron chi connectivity index (χ4n) is 26.1. The largest absolute Gasteiger partial charge is 0.310 e. The molecule has 22 aromatic rings. The van der Waals surface area contributed by atoms with Crippen molar-refractivity contribution in [2.75, 3.05) is 19.6 Å². The molecule has 0 amide bonds. The zero-order chi connectivity index (χ0) is 92.0. The highest BCUT2D eigenvalue weighted by Crippen LogP contribution is 2.53. The Kier molecular flexibility index (Phi) is 20.9. The summed E-state index contributed by atoms with van der Waals surface area (Å²) < 4.78 is 5.16. The molecule has 4 fully saturated rings. The van der Waals surface area contributed by atoms with Gasteiger partial charge in [0.1, 0.15) is 0 Å². The summed E-state index contributed by atoms with van der Waals surface area (Å²) in [6.07, 6.45) is 25.9. The first kappa shape index (κ1) is 84.3.